The highest BCUT2D eigenvalue weighted by Crippen LogP contribution is 2.16. The number of hydrogen-bond donors (Lipinski definition) is 0. The summed E-state index contributed by atoms with van der Waals surface area (Å²) in [6.07, 6.45) is 4.38. The van der Waals surface area contributed by atoms with Gasteiger partial charge in [0, 0.05) is 11.4 Å². The van der Waals surface area contributed by atoms with Crippen LogP contribution in [0.1, 0.15) is 15.9 Å². The Morgan fingerprint density at radius 1 is 1.38 bits per heavy atom. The van der Waals surface area contributed by atoms with Crippen LogP contribution in [0.5, 0.6) is 0 Å². The number of rotatable bonds is 3. The highest BCUT2D eigenvalue weighted by molar-refractivity contribution is 6.33. The van der Waals surface area contributed by atoms with Gasteiger partial charge in [0.25, 0.3) is 0 Å². The van der Waals surface area contributed by atoms with Gasteiger partial charge in [0.05, 0.1) is 5.02 Å². The molecule has 0 unspecified atom stereocenters. The van der Waals surface area contributed by atoms with Crippen LogP contribution in [0.3, 0.4) is 0 Å². The predicted molar refractivity (Wildman–Crippen MR) is 56.6 cm³/mol. The molecule has 0 bridgehead atoms. The third-order valence-electron chi connectivity index (χ3n) is 1.55. The van der Waals surface area contributed by atoms with Gasteiger partial charge in [-0.2, -0.15) is 0 Å². The third kappa shape index (κ3) is 2.87. The van der Waals surface area contributed by atoms with Gasteiger partial charge in [-0.1, -0.05) is 29.8 Å². The first kappa shape index (κ1) is 10.3. The number of hydrogen-bond acceptors (Lipinski definition) is 1. The normalized spacial score (nSPS) is 10.6. The van der Waals surface area contributed by atoms with E-state index in [1.54, 1.807) is 18.2 Å². The Balaban J connectivity index is 2.99. The van der Waals surface area contributed by atoms with Crippen LogP contribution in [-0.2, 0) is 0 Å². The van der Waals surface area contributed by atoms with Crippen molar-refractivity contribution in [2.24, 2.45) is 0 Å². The Hall–Kier alpha value is -0.790. The van der Waals surface area contributed by atoms with E-state index in [2.05, 4.69) is 0 Å². The van der Waals surface area contributed by atoms with Gasteiger partial charge in [0.1, 0.15) is 0 Å². The lowest BCUT2D eigenvalue weighted by atomic mass is 10.1. The van der Waals surface area contributed by atoms with Gasteiger partial charge in [-0.05, 0) is 17.7 Å². The van der Waals surface area contributed by atoms with Gasteiger partial charge in [-0.3, -0.25) is 4.79 Å². The molecular weight excluding hydrogens is 207 g/mol. The standard InChI is InChI=1S/C10H8Cl2O/c11-5-1-2-8-3-4-10(12)9(6-8)7-13/h1-4,6-7H,5H2. The van der Waals surface area contributed by atoms with Gasteiger partial charge in [-0.15, -0.1) is 11.6 Å². The summed E-state index contributed by atoms with van der Waals surface area (Å²) in [6.45, 7) is 0. The second kappa shape index (κ2) is 5.05. The van der Waals surface area contributed by atoms with Crippen molar-refractivity contribution < 1.29 is 4.79 Å². The van der Waals surface area contributed by atoms with E-state index in [1.807, 2.05) is 12.1 Å². The predicted octanol–water partition coefficient (Wildman–Crippen LogP) is 3.40. The van der Waals surface area contributed by atoms with Crippen LogP contribution in [0, 0.1) is 0 Å². The van der Waals surface area contributed by atoms with Gasteiger partial charge in [0.15, 0.2) is 6.29 Å². The lowest BCUT2D eigenvalue weighted by Gasteiger charge is -1.97. The summed E-state index contributed by atoms with van der Waals surface area (Å²) >= 11 is 11.2. The molecule has 1 aromatic carbocycles. The van der Waals surface area contributed by atoms with Crippen molar-refractivity contribution in [1.29, 1.82) is 0 Å². The summed E-state index contributed by atoms with van der Waals surface area (Å²) in [7, 11) is 0. The lowest BCUT2D eigenvalue weighted by Crippen LogP contribution is -1.83. The molecule has 0 spiro atoms. The maximum atomic E-state index is 10.5. The summed E-state index contributed by atoms with van der Waals surface area (Å²) < 4.78 is 0. The smallest absolute Gasteiger partial charge is 0.151 e. The molecule has 3 heteroatoms. The van der Waals surface area contributed by atoms with Gasteiger partial charge in [0.2, 0.25) is 0 Å². The minimum atomic E-state index is 0.457. The average Bonchev–Trinajstić information content (AvgIpc) is 2.16. The number of allylic oxidation sites excluding steroid dienone is 1. The fraction of sp³-hybridized carbons (Fsp3) is 0.100. The molecule has 0 radical (unpaired) electrons. The monoisotopic (exact) mass is 214 g/mol. The summed E-state index contributed by atoms with van der Waals surface area (Å²) in [4.78, 5) is 10.5. The summed E-state index contributed by atoms with van der Waals surface area (Å²) in [5, 5.41) is 0.470. The first-order valence-corrected chi connectivity index (χ1v) is 4.66. The minimum absolute atomic E-state index is 0.457. The van der Waals surface area contributed by atoms with E-state index in [0.717, 1.165) is 11.8 Å². The highest BCUT2D eigenvalue weighted by Gasteiger charge is 1.97. The van der Waals surface area contributed by atoms with Crippen LogP contribution in [0.15, 0.2) is 24.3 Å². The molecule has 1 aromatic rings. The van der Waals surface area contributed by atoms with E-state index in [-0.39, 0.29) is 0 Å². The Labute approximate surface area is 87.0 Å². The molecular formula is C10H8Cl2O. The minimum Gasteiger partial charge on any atom is -0.298 e. The third-order valence-corrected chi connectivity index (χ3v) is 2.07. The van der Waals surface area contributed by atoms with Crippen molar-refractivity contribution >= 4 is 35.6 Å². The Kier molecular flexibility index (Phi) is 4.00. The fourth-order valence-electron chi connectivity index (χ4n) is 0.937. The zero-order valence-electron chi connectivity index (χ0n) is 6.84. The van der Waals surface area contributed by atoms with Crippen molar-refractivity contribution in [2.75, 3.05) is 5.88 Å². The van der Waals surface area contributed by atoms with E-state index in [1.165, 1.54) is 0 Å². The van der Waals surface area contributed by atoms with E-state index in [9.17, 15) is 4.79 Å². The van der Waals surface area contributed by atoms with Crippen LogP contribution in [0.2, 0.25) is 5.02 Å². The first-order valence-electron chi connectivity index (χ1n) is 3.75. The molecule has 1 rings (SSSR count). The number of aldehydes is 1. The van der Waals surface area contributed by atoms with Crippen molar-refractivity contribution in [3.05, 3.63) is 40.4 Å². The SMILES string of the molecule is O=Cc1cc(C=CCCl)ccc1Cl. The van der Waals surface area contributed by atoms with E-state index < -0.39 is 0 Å². The molecule has 0 aliphatic rings. The highest BCUT2D eigenvalue weighted by atomic mass is 35.5. The Bertz CT molecular complexity index is 332. The quantitative estimate of drug-likeness (QED) is 0.557. The molecule has 0 saturated heterocycles. The zero-order valence-corrected chi connectivity index (χ0v) is 8.35. The maximum absolute atomic E-state index is 10.5. The van der Waals surface area contributed by atoms with E-state index in [4.69, 9.17) is 23.2 Å². The summed E-state index contributed by atoms with van der Waals surface area (Å²) in [5.74, 6) is 0.457. The van der Waals surface area contributed by atoms with Gasteiger partial charge in [-0.25, -0.2) is 0 Å². The molecule has 0 aromatic heterocycles. The first-order chi connectivity index (χ1) is 6.27. The average molecular weight is 215 g/mol. The molecule has 0 aliphatic carbocycles. The number of benzene rings is 1. The fourth-order valence-corrected chi connectivity index (χ4v) is 1.19. The lowest BCUT2D eigenvalue weighted by molar-refractivity contribution is 0.112. The number of carbonyl (C=O) groups excluding carboxylic acids is 1. The molecule has 0 fully saturated rings. The molecule has 68 valence electrons. The number of halogens is 2. The van der Waals surface area contributed by atoms with E-state index in [0.29, 0.717) is 16.5 Å². The largest absolute Gasteiger partial charge is 0.298 e. The maximum Gasteiger partial charge on any atom is 0.151 e. The van der Waals surface area contributed by atoms with Crippen molar-refractivity contribution in [3.63, 3.8) is 0 Å². The topological polar surface area (TPSA) is 17.1 Å². The Morgan fingerprint density at radius 3 is 2.77 bits per heavy atom. The Morgan fingerprint density at radius 2 is 2.15 bits per heavy atom. The zero-order chi connectivity index (χ0) is 9.68. The molecule has 0 atom stereocenters. The molecule has 0 heterocycles. The van der Waals surface area contributed by atoms with Crippen LogP contribution in [0.25, 0.3) is 6.08 Å². The van der Waals surface area contributed by atoms with Crippen LogP contribution in [-0.4, -0.2) is 12.2 Å². The van der Waals surface area contributed by atoms with Gasteiger partial charge < -0.3 is 0 Å². The van der Waals surface area contributed by atoms with Crippen LogP contribution >= 0.6 is 23.2 Å². The molecule has 13 heavy (non-hydrogen) atoms. The van der Waals surface area contributed by atoms with Crippen molar-refractivity contribution in [2.45, 2.75) is 0 Å². The second-order valence-electron chi connectivity index (χ2n) is 2.46. The second-order valence-corrected chi connectivity index (χ2v) is 3.17. The van der Waals surface area contributed by atoms with Crippen LogP contribution < -0.4 is 0 Å². The van der Waals surface area contributed by atoms with Crippen molar-refractivity contribution in [3.8, 4) is 0 Å². The van der Waals surface area contributed by atoms with E-state index >= 15 is 0 Å². The van der Waals surface area contributed by atoms with Crippen molar-refractivity contribution in [1.82, 2.24) is 0 Å². The molecule has 0 amide bonds. The molecule has 0 saturated carbocycles. The van der Waals surface area contributed by atoms with Gasteiger partial charge >= 0.3 is 0 Å². The molecule has 1 nitrogen and oxygen atoms in total. The molecule has 0 N–H and O–H groups in total. The summed E-state index contributed by atoms with van der Waals surface area (Å²) in [5.41, 5.74) is 1.42. The summed E-state index contributed by atoms with van der Waals surface area (Å²) in [6, 6.07) is 5.25. The van der Waals surface area contributed by atoms with Crippen LogP contribution in [0.4, 0.5) is 0 Å². The number of alkyl halides is 1. The molecule has 0 aliphatic heterocycles. The number of carbonyl (C=O) groups is 1.